The van der Waals surface area contributed by atoms with E-state index in [1.807, 2.05) is 4.90 Å². The number of hydrogen-bond donors (Lipinski definition) is 3. The van der Waals surface area contributed by atoms with Crippen LogP contribution in [0.4, 0.5) is 4.79 Å². The van der Waals surface area contributed by atoms with Gasteiger partial charge in [0.05, 0.1) is 5.92 Å². The lowest BCUT2D eigenvalue weighted by molar-refractivity contribution is -0.127. The van der Waals surface area contributed by atoms with Gasteiger partial charge in [-0.15, -0.1) is 0 Å². The van der Waals surface area contributed by atoms with E-state index in [1.54, 1.807) is 0 Å². The van der Waals surface area contributed by atoms with Gasteiger partial charge in [-0.3, -0.25) is 4.79 Å². The lowest BCUT2D eigenvalue weighted by Gasteiger charge is -2.34. The topological polar surface area (TPSA) is 73.5 Å². The Hall–Kier alpha value is -1.30. The van der Waals surface area contributed by atoms with Crippen LogP contribution in [0.2, 0.25) is 0 Å². The SMILES string of the molecule is O=C(NC1CCCNC1)C1CCCN(C(=O)NC2CCCC2)C1. The van der Waals surface area contributed by atoms with Crippen molar-refractivity contribution < 1.29 is 9.59 Å². The molecule has 3 amide bonds. The molecule has 0 spiro atoms. The van der Waals surface area contributed by atoms with E-state index in [1.165, 1.54) is 12.8 Å². The summed E-state index contributed by atoms with van der Waals surface area (Å²) in [7, 11) is 0. The predicted molar refractivity (Wildman–Crippen MR) is 89.1 cm³/mol. The second-order valence-corrected chi connectivity index (χ2v) is 7.27. The van der Waals surface area contributed by atoms with Crippen molar-refractivity contribution in [3.05, 3.63) is 0 Å². The number of carbonyl (C=O) groups excluding carboxylic acids is 2. The summed E-state index contributed by atoms with van der Waals surface area (Å²) in [5, 5.41) is 9.62. The van der Waals surface area contributed by atoms with E-state index >= 15 is 0 Å². The van der Waals surface area contributed by atoms with Gasteiger partial charge in [0.2, 0.25) is 5.91 Å². The van der Waals surface area contributed by atoms with Gasteiger partial charge in [0.15, 0.2) is 0 Å². The summed E-state index contributed by atoms with van der Waals surface area (Å²) in [4.78, 5) is 26.7. The van der Waals surface area contributed by atoms with Crippen LogP contribution in [0.25, 0.3) is 0 Å². The van der Waals surface area contributed by atoms with Crippen molar-refractivity contribution in [2.75, 3.05) is 26.2 Å². The number of rotatable bonds is 3. The number of urea groups is 1. The quantitative estimate of drug-likeness (QED) is 0.731. The Labute approximate surface area is 138 Å². The monoisotopic (exact) mass is 322 g/mol. The average molecular weight is 322 g/mol. The highest BCUT2D eigenvalue weighted by molar-refractivity contribution is 5.81. The molecule has 3 fully saturated rings. The van der Waals surface area contributed by atoms with Crippen LogP contribution >= 0.6 is 0 Å². The van der Waals surface area contributed by atoms with Crippen LogP contribution in [0, 0.1) is 5.92 Å². The number of piperidine rings is 2. The molecule has 2 saturated heterocycles. The molecule has 6 heteroatoms. The summed E-state index contributed by atoms with van der Waals surface area (Å²) in [6.07, 6.45) is 8.59. The third-order valence-electron chi connectivity index (χ3n) is 5.41. The number of carbonyl (C=O) groups is 2. The number of hydrogen-bond acceptors (Lipinski definition) is 3. The minimum absolute atomic E-state index is 0.0220. The van der Waals surface area contributed by atoms with Gasteiger partial charge >= 0.3 is 6.03 Å². The largest absolute Gasteiger partial charge is 0.352 e. The molecule has 2 heterocycles. The van der Waals surface area contributed by atoms with E-state index in [9.17, 15) is 9.59 Å². The van der Waals surface area contributed by atoms with Gasteiger partial charge in [0, 0.05) is 31.7 Å². The fourth-order valence-electron chi connectivity index (χ4n) is 4.01. The minimum atomic E-state index is -0.0556. The summed E-state index contributed by atoms with van der Waals surface area (Å²) >= 11 is 0. The molecule has 130 valence electrons. The van der Waals surface area contributed by atoms with Crippen LogP contribution in [0.3, 0.4) is 0 Å². The second kappa shape index (κ2) is 7.99. The molecule has 0 radical (unpaired) electrons. The Bertz CT molecular complexity index is 417. The molecule has 6 nitrogen and oxygen atoms in total. The van der Waals surface area contributed by atoms with E-state index < -0.39 is 0 Å². The number of nitrogens with zero attached hydrogens (tertiary/aromatic N) is 1. The predicted octanol–water partition coefficient (Wildman–Crippen LogP) is 1.22. The van der Waals surface area contributed by atoms with E-state index in [0.717, 1.165) is 58.2 Å². The molecule has 0 bridgehead atoms. The maximum absolute atomic E-state index is 12.5. The first kappa shape index (κ1) is 16.6. The summed E-state index contributed by atoms with van der Waals surface area (Å²) in [5.74, 6) is 0.0667. The number of amides is 3. The molecule has 3 N–H and O–H groups in total. The van der Waals surface area contributed by atoms with Gasteiger partial charge in [-0.1, -0.05) is 12.8 Å². The lowest BCUT2D eigenvalue weighted by Crippen LogP contribution is -2.53. The zero-order valence-corrected chi connectivity index (χ0v) is 14.0. The average Bonchev–Trinajstić information content (AvgIpc) is 3.09. The molecule has 3 aliphatic rings. The molecule has 2 unspecified atom stereocenters. The summed E-state index contributed by atoms with van der Waals surface area (Å²) < 4.78 is 0. The van der Waals surface area contributed by atoms with Crippen molar-refractivity contribution >= 4 is 11.9 Å². The van der Waals surface area contributed by atoms with Gasteiger partial charge in [-0.25, -0.2) is 4.79 Å². The number of likely N-dealkylation sites (tertiary alicyclic amines) is 1. The molecule has 0 aromatic rings. The zero-order valence-electron chi connectivity index (χ0n) is 14.0. The Kier molecular flexibility index (Phi) is 5.75. The van der Waals surface area contributed by atoms with Crippen LogP contribution in [0.5, 0.6) is 0 Å². The molecule has 1 aliphatic carbocycles. The normalized spacial score (nSPS) is 29.3. The molecule has 1 saturated carbocycles. The Morgan fingerprint density at radius 1 is 0.913 bits per heavy atom. The van der Waals surface area contributed by atoms with E-state index in [2.05, 4.69) is 16.0 Å². The fraction of sp³-hybridized carbons (Fsp3) is 0.882. The highest BCUT2D eigenvalue weighted by atomic mass is 16.2. The second-order valence-electron chi connectivity index (χ2n) is 7.27. The van der Waals surface area contributed by atoms with E-state index in [0.29, 0.717) is 12.6 Å². The summed E-state index contributed by atoms with van der Waals surface area (Å²) in [6, 6.07) is 0.609. The first-order valence-corrected chi connectivity index (χ1v) is 9.29. The van der Waals surface area contributed by atoms with Crippen molar-refractivity contribution in [2.24, 2.45) is 5.92 Å². The van der Waals surface area contributed by atoms with Crippen LogP contribution in [-0.2, 0) is 4.79 Å². The molecular formula is C17H30N4O2. The van der Waals surface area contributed by atoms with Crippen molar-refractivity contribution in [1.29, 1.82) is 0 Å². The van der Waals surface area contributed by atoms with Gasteiger partial charge in [0.25, 0.3) is 0 Å². The van der Waals surface area contributed by atoms with Crippen LogP contribution < -0.4 is 16.0 Å². The summed E-state index contributed by atoms with van der Waals surface area (Å²) in [6.45, 7) is 3.24. The highest BCUT2D eigenvalue weighted by Crippen LogP contribution is 2.20. The van der Waals surface area contributed by atoms with E-state index in [4.69, 9.17) is 0 Å². The Morgan fingerprint density at radius 2 is 1.70 bits per heavy atom. The fourth-order valence-corrected chi connectivity index (χ4v) is 4.01. The molecule has 0 aromatic heterocycles. The van der Waals surface area contributed by atoms with Gasteiger partial charge in [0.1, 0.15) is 0 Å². The van der Waals surface area contributed by atoms with Crippen molar-refractivity contribution in [3.8, 4) is 0 Å². The van der Waals surface area contributed by atoms with Gasteiger partial charge in [-0.05, 0) is 45.1 Å². The van der Waals surface area contributed by atoms with Crippen LogP contribution in [0.1, 0.15) is 51.4 Å². The molecule has 3 rings (SSSR count). The molecular weight excluding hydrogens is 292 g/mol. The van der Waals surface area contributed by atoms with Crippen molar-refractivity contribution in [1.82, 2.24) is 20.9 Å². The molecule has 2 atom stereocenters. The maximum atomic E-state index is 12.5. The lowest BCUT2D eigenvalue weighted by atomic mass is 9.96. The van der Waals surface area contributed by atoms with Crippen LogP contribution in [-0.4, -0.2) is 55.1 Å². The standard InChI is InChI=1S/C17H30N4O2/c22-16(19-15-8-3-9-18-11-15)13-5-4-10-21(12-13)17(23)20-14-6-1-2-7-14/h13-15,18H,1-12H2,(H,19,22)(H,20,23). The third kappa shape index (κ3) is 4.59. The van der Waals surface area contributed by atoms with Crippen molar-refractivity contribution in [3.63, 3.8) is 0 Å². The summed E-state index contributed by atoms with van der Waals surface area (Å²) in [5.41, 5.74) is 0. The Morgan fingerprint density at radius 3 is 2.43 bits per heavy atom. The first-order valence-electron chi connectivity index (χ1n) is 9.29. The smallest absolute Gasteiger partial charge is 0.317 e. The third-order valence-corrected chi connectivity index (χ3v) is 5.41. The van der Waals surface area contributed by atoms with Crippen molar-refractivity contribution in [2.45, 2.75) is 63.5 Å². The molecule has 0 aromatic carbocycles. The molecule has 2 aliphatic heterocycles. The van der Waals surface area contributed by atoms with E-state index in [-0.39, 0.29) is 23.9 Å². The van der Waals surface area contributed by atoms with Gasteiger partial charge < -0.3 is 20.9 Å². The number of nitrogens with one attached hydrogen (secondary N) is 3. The maximum Gasteiger partial charge on any atom is 0.317 e. The minimum Gasteiger partial charge on any atom is -0.352 e. The first-order chi connectivity index (χ1) is 11.2. The van der Waals surface area contributed by atoms with Gasteiger partial charge in [-0.2, -0.15) is 0 Å². The van der Waals surface area contributed by atoms with Crippen LogP contribution in [0.15, 0.2) is 0 Å². The zero-order chi connectivity index (χ0) is 16.1. The highest BCUT2D eigenvalue weighted by Gasteiger charge is 2.30. The molecule has 23 heavy (non-hydrogen) atoms. The Balaban J connectivity index is 1.46.